The van der Waals surface area contributed by atoms with Crippen molar-refractivity contribution in [2.75, 3.05) is 12.5 Å². The van der Waals surface area contributed by atoms with Gasteiger partial charge in [0.25, 0.3) is 10.0 Å². The predicted molar refractivity (Wildman–Crippen MR) is 123 cm³/mol. The Morgan fingerprint density at radius 1 is 1.00 bits per heavy atom. The topological polar surface area (TPSA) is 85.6 Å². The van der Waals surface area contributed by atoms with Gasteiger partial charge in [-0.3, -0.25) is 4.79 Å². The molecule has 0 saturated heterocycles. The first-order chi connectivity index (χ1) is 15.4. The number of rotatable bonds is 8. The quantitative estimate of drug-likeness (QED) is 0.227. The van der Waals surface area contributed by atoms with Crippen LogP contribution in [-0.4, -0.2) is 35.8 Å². The van der Waals surface area contributed by atoms with E-state index < -0.39 is 10.0 Å². The normalized spacial score (nSPS) is 11.5. The van der Waals surface area contributed by atoms with E-state index in [9.17, 15) is 18.3 Å². The molecule has 1 heterocycles. The van der Waals surface area contributed by atoms with Gasteiger partial charge in [0, 0.05) is 28.6 Å². The van der Waals surface area contributed by atoms with Crippen LogP contribution in [0.5, 0.6) is 11.5 Å². The highest BCUT2D eigenvalue weighted by Gasteiger charge is 2.24. The number of fused-ring (bicyclic) bond motifs is 1. The third-order valence-electron chi connectivity index (χ3n) is 4.98. The summed E-state index contributed by atoms with van der Waals surface area (Å²) in [4.78, 5) is 13.5. The van der Waals surface area contributed by atoms with E-state index in [-0.39, 0.29) is 33.3 Å². The Labute approximate surface area is 190 Å². The number of hydrogen-bond acceptors (Lipinski definition) is 5. The average Bonchev–Trinajstić information content (AvgIpc) is 3.21. The van der Waals surface area contributed by atoms with Gasteiger partial charge in [-0.25, -0.2) is 12.4 Å². The molecule has 0 unspecified atom stereocenters. The van der Waals surface area contributed by atoms with Gasteiger partial charge < -0.3 is 9.84 Å². The molecule has 0 atom stereocenters. The van der Waals surface area contributed by atoms with E-state index in [0.29, 0.717) is 29.8 Å². The molecule has 6 nitrogen and oxygen atoms in total. The standard InChI is InChI=1S/C24H20ClNO5S/c25-13-6-14-31-23-15-17(11-12-22(23)27)24(28)20-16-26(21-10-5-4-9-19(20)21)32(29,30)18-7-2-1-3-8-18/h1-5,7-12,15-16,27H,6,13-14H2. The number of phenols is 1. The molecule has 4 rings (SSSR count). The fourth-order valence-corrected chi connectivity index (χ4v) is 4.90. The molecule has 3 aromatic carbocycles. The summed E-state index contributed by atoms with van der Waals surface area (Å²) in [7, 11) is -3.90. The number of hydrogen-bond donors (Lipinski definition) is 1. The van der Waals surface area contributed by atoms with Crippen molar-refractivity contribution in [3.8, 4) is 11.5 Å². The molecule has 0 radical (unpaired) electrons. The van der Waals surface area contributed by atoms with Crippen molar-refractivity contribution in [3.63, 3.8) is 0 Å². The fourth-order valence-electron chi connectivity index (χ4n) is 3.40. The van der Waals surface area contributed by atoms with Crippen LogP contribution in [0.1, 0.15) is 22.3 Å². The predicted octanol–water partition coefficient (Wildman–Crippen LogP) is 4.82. The number of carbonyl (C=O) groups is 1. The fraction of sp³-hybridized carbons (Fsp3) is 0.125. The Hall–Kier alpha value is -3.29. The zero-order valence-electron chi connectivity index (χ0n) is 16.9. The second-order valence-corrected chi connectivity index (χ2v) is 9.27. The number of halogens is 1. The average molecular weight is 470 g/mol. The lowest BCUT2D eigenvalue weighted by molar-refractivity contribution is 0.103. The summed E-state index contributed by atoms with van der Waals surface area (Å²) in [5.41, 5.74) is 0.901. The highest BCUT2D eigenvalue weighted by molar-refractivity contribution is 7.90. The lowest BCUT2D eigenvalue weighted by atomic mass is 10.0. The lowest BCUT2D eigenvalue weighted by Gasteiger charge is -2.09. The van der Waals surface area contributed by atoms with Crippen molar-refractivity contribution in [1.82, 2.24) is 3.97 Å². The van der Waals surface area contributed by atoms with E-state index in [1.807, 2.05) is 0 Å². The maximum atomic E-state index is 13.4. The molecule has 0 aliphatic rings. The van der Waals surface area contributed by atoms with Crippen LogP contribution in [0.25, 0.3) is 10.9 Å². The molecule has 1 N–H and O–H groups in total. The van der Waals surface area contributed by atoms with Crippen molar-refractivity contribution in [2.45, 2.75) is 11.3 Å². The van der Waals surface area contributed by atoms with Crippen LogP contribution in [0.2, 0.25) is 0 Å². The molecule has 0 saturated carbocycles. The van der Waals surface area contributed by atoms with Gasteiger partial charge in [-0.1, -0.05) is 36.4 Å². The molecule has 4 aromatic rings. The number of aromatic nitrogens is 1. The minimum atomic E-state index is -3.90. The van der Waals surface area contributed by atoms with E-state index in [4.69, 9.17) is 16.3 Å². The summed E-state index contributed by atoms with van der Waals surface area (Å²) in [6.07, 6.45) is 1.93. The molecule has 0 fully saturated rings. The zero-order valence-corrected chi connectivity index (χ0v) is 18.5. The van der Waals surface area contributed by atoms with Crippen molar-refractivity contribution in [2.24, 2.45) is 0 Å². The summed E-state index contributed by atoms with van der Waals surface area (Å²) in [6.45, 7) is 0.295. The van der Waals surface area contributed by atoms with Crippen LogP contribution in [0.15, 0.2) is 83.9 Å². The molecule has 8 heteroatoms. The maximum Gasteiger partial charge on any atom is 0.268 e. The van der Waals surface area contributed by atoms with Gasteiger partial charge in [-0.15, -0.1) is 11.6 Å². The third kappa shape index (κ3) is 4.09. The van der Waals surface area contributed by atoms with Gasteiger partial charge in [-0.2, -0.15) is 0 Å². The number of nitrogens with zero attached hydrogens (tertiary/aromatic N) is 1. The Bertz CT molecular complexity index is 1380. The van der Waals surface area contributed by atoms with E-state index in [1.54, 1.807) is 42.5 Å². The van der Waals surface area contributed by atoms with E-state index >= 15 is 0 Å². The number of ketones is 1. The van der Waals surface area contributed by atoms with Crippen molar-refractivity contribution >= 4 is 38.3 Å². The largest absolute Gasteiger partial charge is 0.504 e. The first kappa shape index (κ1) is 21.9. The van der Waals surface area contributed by atoms with Crippen molar-refractivity contribution in [1.29, 1.82) is 0 Å². The number of ether oxygens (including phenoxy) is 1. The van der Waals surface area contributed by atoms with Crippen LogP contribution in [-0.2, 0) is 10.0 Å². The first-order valence-electron chi connectivity index (χ1n) is 9.90. The number of para-hydroxylation sites is 1. The van der Waals surface area contributed by atoms with Crippen LogP contribution in [0.3, 0.4) is 0 Å². The lowest BCUT2D eigenvalue weighted by Crippen LogP contribution is -2.12. The third-order valence-corrected chi connectivity index (χ3v) is 6.94. The van der Waals surface area contributed by atoms with Gasteiger partial charge in [0.1, 0.15) is 0 Å². The Morgan fingerprint density at radius 2 is 1.72 bits per heavy atom. The van der Waals surface area contributed by atoms with Gasteiger partial charge >= 0.3 is 0 Å². The highest BCUT2D eigenvalue weighted by Crippen LogP contribution is 2.31. The molecule has 32 heavy (non-hydrogen) atoms. The molecular formula is C24H20ClNO5S. The molecule has 0 amide bonds. The van der Waals surface area contributed by atoms with Crippen LogP contribution < -0.4 is 4.74 Å². The maximum absolute atomic E-state index is 13.4. The molecular weight excluding hydrogens is 450 g/mol. The van der Waals surface area contributed by atoms with E-state index in [2.05, 4.69) is 0 Å². The monoisotopic (exact) mass is 469 g/mol. The van der Waals surface area contributed by atoms with Gasteiger partial charge in [-0.05, 0) is 42.8 Å². The van der Waals surface area contributed by atoms with Crippen LogP contribution in [0, 0.1) is 0 Å². The molecule has 0 aliphatic carbocycles. The van der Waals surface area contributed by atoms with Gasteiger partial charge in [0.15, 0.2) is 17.3 Å². The Balaban J connectivity index is 1.80. The van der Waals surface area contributed by atoms with Crippen molar-refractivity contribution < 1.29 is 23.1 Å². The van der Waals surface area contributed by atoms with Gasteiger partial charge in [0.2, 0.25) is 0 Å². The summed E-state index contributed by atoms with van der Waals surface area (Å²) < 4.78 is 33.2. The molecule has 0 spiro atoms. The number of phenolic OH excluding ortho intramolecular Hbond substituents is 1. The zero-order chi connectivity index (χ0) is 22.7. The van der Waals surface area contributed by atoms with Gasteiger partial charge in [0.05, 0.1) is 17.0 Å². The van der Waals surface area contributed by atoms with Crippen molar-refractivity contribution in [3.05, 3.63) is 90.1 Å². The first-order valence-corrected chi connectivity index (χ1v) is 11.9. The SMILES string of the molecule is O=C(c1ccc(O)c(OCCCCl)c1)c1cn(S(=O)(=O)c2ccccc2)c2ccccc12. The minimum absolute atomic E-state index is 0.0924. The summed E-state index contributed by atoms with van der Waals surface area (Å²) in [5.74, 6) is 0.103. The Morgan fingerprint density at radius 3 is 2.47 bits per heavy atom. The second-order valence-electron chi connectivity index (χ2n) is 7.08. The molecule has 164 valence electrons. The van der Waals surface area contributed by atoms with Crippen LogP contribution >= 0.6 is 11.6 Å². The van der Waals surface area contributed by atoms with E-state index in [0.717, 1.165) is 3.97 Å². The summed E-state index contributed by atoms with van der Waals surface area (Å²) >= 11 is 5.66. The number of benzene rings is 3. The summed E-state index contributed by atoms with van der Waals surface area (Å²) in [5, 5.41) is 10.6. The number of alkyl halides is 1. The van der Waals surface area contributed by atoms with E-state index in [1.165, 1.54) is 36.5 Å². The summed E-state index contributed by atoms with van der Waals surface area (Å²) in [6, 6.07) is 19.2. The smallest absolute Gasteiger partial charge is 0.268 e. The van der Waals surface area contributed by atoms with Crippen LogP contribution in [0.4, 0.5) is 0 Å². The molecule has 0 bridgehead atoms. The highest BCUT2D eigenvalue weighted by atomic mass is 35.5. The second kappa shape index (κ2) is 9.06. The molecule has 1 aromatic heterocycles. The molecule has 0 aliphatic heterocycles. The minimum Gasteiger partial charge on any atom is -0.504 e. The number of carbonyl (C=O) groups excluding carboxylic acids is 1. The number of aromatic hydroxyl groups is 1. The Kier molecular flexibility index (Phi) is 6.21.